The molecule has 434 valence electrons. The molecule has 3 heterocycles. The molecule has 0 radical (unpaired) electrons. The molecule has 0 spiro atoms. The van der Waals surface area contributed by atoms with Gasteiger partial charge in [-0.15, -0.1) is 6.42 Å². The number of benzene rings is 11. The summed E-state index contributed by atoms with van der Waals surface area (Å²) in [5, 5.41) is 2.11. The lowest BCUT2D eigenvalue weighted by Gasteiger charge is -2.23. The van der Waals surface area contributed by atoms with Gasteiger partial charge in [0.25, 0.3) is 0 Å². The second-order valence-electron chi connectivity index (χ2n) is 23.0. The van der Waals surface area contributed by atoms with Gasteiger partial charge < -0.3 is 0 Å². The van der Waals surface area contributed by atoms with E-state index in [1.165, 1.54) is 16.7 Å². The van der Waals surface area contributed by atoms with Crippen LogP contribution in [0.15, 0.2) is 327 Å². The smallest absolute Gasteiger partial charge is 0.238 e. The van der Waals surface area contributed by atoms with Crippen molar-refractivity contribution >= 4 is 27.4 Å². The predicted octanol–water partition coefficient (Wildman–Crippen LogP) is 20.8. The predicted molar refractivity (Wildman–Crippen MR) is 378 cm³/mol. The first-order valence-corrected chi connectivity index (χ1v) is 31.0. The molecule has 3 aromatic heterocycles. The van der Waals surface area contributed by atoms with E-state index in [1.807, 2.05) is 48.5 Å². The molecule has 7 heteroatoms. The van der Waals surface area contributed by atoms with Crippen LogP contribution in [0.3, 0.4) is 0 Å². The topological polar surface area (TPSA) is 82.3 Å². The average molecular weight is 1180 g/mol. The van der Waals surface area contributed by atoms with E-state index in [0.29, 0.717) is 35.1 Å². The van der Waals surface area contributed by atoms with Crippen molar-refractivity contribution in [3.05, 3.63) is 338 Å². The highest BCUT2D eigenvalue weighted by Gasteiger charge is 2.24. The summed E-state index contributed by atoms with van der Waals surface area (Å²) in [6.45, 7) is 2.14. The van der Waals surface area contributed by atoms with Crippen LogP contribution in [0.5, 0.6) is 0 Å². The third-order valence-electron chi connectivity index (χ3n) is 17.1. The summed E-state index contributed by atoms with van der Waals surface area (Å²) < 4.78 is 2.20. The Bertz CT molecular complexity index is 5250. The zero-order chi connectivity index (χ0) is 61.7. The fourth-order valence-electron chi connectivity index (χ4n) is 12.5. The summed E-state index contributed by atoms with van der Waals surface area (Å²) in [6, 6.07) is 99.7. The van der Waals surface area contributed by atoms with Crippen LogP contribution in [0, 0.1) is 12.3 Å². The molecule has 0 saturated carbocycles. The number of hydrogen-bond acceptors (Lipinski definition) is 6. The Morgan fingerprint density at radius 2 is 0.826 bits per heavy atom. The zero-order valence-electron chi connectivity index (χ0n) is 50.5. The third-order valence-corrected chi connectivity index (χ3v) is 17.1. The third kappa shape index (κ3) is 11.5. The highest BCUT2D eigenvalue weighted by molar-refractivity contribution is 6.16. The first kappa shape index (κ1) is 56.3. The molecule has 14 aromatic rings. The lowest BCUT2D eigenvalue weighted by atomic mass is 9.81. The molecule has 15 rings (SSSR count). The van der Waals surface area contributed by atoms with Gasteiger partial charge in [0.1, 0.15) is 0 Å². The summed E-state index contributed by atoms with van der Waals surface area (Å²) in [6.07, 6.45) is 16.8. The second kappa shape index (κ2) is 25.1. The van der Waals surface area contributed by atoms with Gasteiger partial charge in [0.2, 0.25) is 5.95 Å². The number of fused-ring (bicyclic) bond motifs is 3. The van der Waals surface area contributed by atoms with Crippen LogP contribution in [-0.2, 0) is 0 Å². The van der Waals surface area contributed by atoms with Crippen LogP contribution in [0.4, 0.5) is 0 Å². The fraction of sp³-hybridized carbons (Fsp3) is 0.0353. The van der Waals surface area contributed by atoms with Gasteiger partial charge in [-0.05, 0) is 134 Å². The summed E-state index contributed by atoms with van der Waals surface area (Å²) in [4.78, 5) is 31.9. The Labute approximate surface area is 535 Å². The minimum Gasteiger partial charge on any atom is -0.278 e. The van der Waals surface area contributed by atoms with Crippen LogP contribution >= 0.6 is 0 Å². The van der Waals surface area contributed by atoms with Crippen molar-refractivity contribution < 1.29 is 0 Å². The first-order chi connectivity index (χ1) is 45.4. The van der Waals surface area contributed by atoms with Crippen LogP contribution < -0.4 is 0 Å². The minimum atomic E-state index is 0.178. The van der Waals surface area contributed by atoms with Crippen molar-refractivity contribution in [1.82, 2.24) is 34.5 Å². The summed E-state index contributed by atoms with van der Waals surface area (Å²) in [5.74, 6) is 6.17. The molecular weight excluding hydrogens is 1120 g/mol. The molecule has 0 fully saturated rings. The van der Waals surface area contributed by atoms with E-state index in [4.69, 9.17) is 36.3 Å². The minimum absolute atomic E-state index is 0.178. The second-order valence-corrected chi connectivity index (χ2v) is 23.0. The molecule has 0 bridgehead atoms. The van der Waals surface area contributed by atoms with Crippen LogP contribution in [0.2, 0.25) is 0 Å². The van der Waals surface area contributed by atoms with Crippen molar-refractivity contribution in [2.75, 3.05) is 0 Å². The van der Waals surface area contributed by atoms with Gasteiger partial charge in [-0.3, -0.25) is 4.57 Å². The van der Waals surface area contributed by atoms with Gasteiger partial charge >= 0.3 is 0 Å². The monoisotopic (exact) mass is 1180 g/mol. The Morgan fingerprint density at radius 1 is 0.402 bits per heavy atom. The summed E-state index contributed by atoms with van der Waals surface area (Å²) in [7, 11) is 0. The van der Waals surface area contributed by atoms with Gasteiger partial charge in [-0.25, -0.2) is 19.9 Å². The quantitative estimate of drug-likeness (QED) is 0.0797. The number of terminal acetylenes is 1. The Hall–Kier alpha value is -12.2. The van der Waals surface area contributed by atoms with Crippen molar-refractivity contribution in [2.24, 2.45) is 0 Å². The fourth-order valence-corrected chi connectivity index (χ4v) is 12.5. The van der Waals surface area contributed by atoms with Crippen molar-refractivity contribution in [3.8, 4) is 120 Å². The van der Waals surface area contributed by atoms with Gasteiger partial charge in [0.05, 0.1) is 11.0 Å². The molecular formula is C85H59N7. The van der Waals surface area contributed by atoms with Gasteiger partial charge in [-0.2, -0.15) is 9.97 Å². The van der Waals surface area contributed by atoms with Crippen LogP contribution in [-0.4, -0.2) is 34.5 Å². The first-order valence-electron chi connectivity index (χ1n) is 31.0. The maximum absolute atomic E-state index is 5.59. The lowest BCUT2D eigenvalue weighted by Crippen LogP contribution is -2.06. The molecule has 7 nitrogen and oxygen atoms in total. The van der Waals surface area contributed by atoms with E-state index in [9.17, 15) is 0 Å². The Kier molecular flexibility index (Phi) is 15.4. The number of rotatable bonds is 14. The summed E-state index contributed by atoms with van der Waals surface area (Å²) in [5.41, 5.74) is 20.9. The van der Waals surface area contributed by atoms with Crippen LogP contribution in [0.25, 0.3) is 135 Å². The van der Waals surface area contributed by atoms with E-state index in [2.05, 4.69) is 278 Å². The summed E-state index contributed by atoms with van der Waals surface area (Å²) >= 11 is 0. The molecule has 1 unspecified atom stereocenters. The van der Waals surface area contributed by atoms with Crippen LogP contribution in [0.1, 0.15) is 30.4 Å². The molecule has 0 N–H and O–H groups in total. The molecule has 11 aromatic carbocycles. The van der Waals surface area contributed by atoms with Crippen molar-refractivity contribution in [1.29, 1.82) is 0 Å². The molecule has 92 heavy (non-hydrogen) atoms. The average Bonchev–Trinajstić information content (AvgIpc) is 1.57. The van der Waals surface area contributed by atoms with Gasteiger partial charge in [0, 0.05) is 44.5 Å². The normalized spacial score (nSPS) is 13.3. The number of nitrogens with zero attached hydrogens (tertiary/aromatic N) is 7. The highest BCUT2D eigenvalue weighted by atomic mass is 15.2. The Morgan fingerprint density at radius 3 is 1.40 bits per heavy atom. The Balaban J connectivity index is 0.864. The van der Waals surface area contributed by atoms with Gasteiger partial charge in [-0.1, -0.05) is 273 Å². The maximum atomic E-state index is 5.59. The maximum Gasteiger partial charge on any atom is 0.238 e. The molecule has 1 aliphatic rings. The molecule has 0 saturated heterocycles. The van der Waals surface area contributed by atoms with E-state index in [1.54, 1.807) is 6.08 Å². The molecule has 1 aliphatic carbocycles. The van der Waals surface area contributed by atoms with E-state index < -0.39 is 0 Å². The lowest BCUT2D eigenvalue weighted by molar-refractivity contribution is 0.859. The largest absolute Gasteiger partial charge is 0.278 e. The molecule has 0 aliphatic heterocycles. The molecule has 0 amide bonds. The number of aromatic nitrogens is 7. The SMILES string of the molecule is C#C/C=C\C=C(/C)C1=CC(c2ccccc2)CC(c2cccc(-c3nc(-c4ccccc4)nc(-c4cccc(-c5cccc6c5c5cc(-c7ccccc7)ccc5n6-c5nc(-c6ccccc6)nc(-c6cccc(-c7cccc(-c8ccccc8)c7)c6)n5)c4)n3)c2)=C1. The van der Waals surface area contributed by atoms with E-state index >= 15 is 0 Å². The van der Waals surface area contributed by atoms with Gasteiger partial charge in [0.15, 0.2) is 29.1 Å². The van der Waals surface area contributed by atoms with E-state index in [-0.39, 0.29) is 5.92 Å². The van der Waals surface area contributed by atoms with E-state index in [0.717, 1.165) is 112 Å². The number of allylic oxidation sites excluding steroid dienone is 8. The van der Waals surface area contributed by atoms with Crippen molar-refractivity contribution in [3.63, 3.8) is 0 Å². The van der Waals surface area contributed by atoms with Crippen molar-refractivity contribution in [2.45, 2.75) is 19.3 Å². The highest BCUT2D eigenvalue weighted by Crippen LogP contribution is 2.43. The molecule has 1 atom stereocenters. The number of hydrogen-bond donors (Lipinski definition) is 0. The zero-order valence-corrected chi connectivity index (χ0v) is 50.5. The standard InChI is InChI=1S/C85H59N7/c1-3-4-10-26-57(2)72-53-73(60-31-15-7-16-32-60)55-74(54-72)66-40-23-42-69(51-66)82-86-80(61-33-17-8-18-34-61)87-83(89-82)71-44-24-41-68(52-71)75-45-25-46-78-79(75)76-56-67(59-29-13-6-14-30-59)47-48-77(76)92(78)85-90-81(62-35-19-9-20-36-62)88-84(91-85)70-43-22-39-65(50-70)64-38-21-37-63(49-64)58-27-11-5-12-28-58/h1,4-54,56,73H,55H2,2H3/b10-4-,57-26+.